The first-order valence-corrected chi connectivity index (χ1v) is 8.71. The average Bonchev–Trinajstić information content (AvgIpc) is 2.55. The highest BCUT2D eigenvalue weighted by Crippen LogP contribution is 2.26. The zero-order valence-electron chi connectivity index (χ0n) is 14.1. The van der Waals surface area contributed by atoms with Crippen LogP contribution in [-0.2, 0) is 9.53 Å². The molecule has 3 N–H and O–H groups in total. The topological polar surface area (TPSA) is 105 Å². The molecule has 7 nitrogen and oxygen atoms in total. The van der Waals surface area contributed by atoms with E-state index in [4.69, 9.17) is 34.8 Å². The van der Waals surface area contributed by atoms with Crippen LogP contribution < -0.4 is 10.6 Å². The minimum absolute atomic E-state index is 0.0839. The Morgan fingerprint density at radius 3 is 2.46 bits per heavy atom. The number of hydrogen-bond acceptors (Lipinski definition) is 5. The SMILES string of the molecule is CNc1cc(C)ccc1C(=O)CCC(NC(=O)OCC(Cl)(Cl)Cl)C(=O)O. The molecule has 0 saturated carbocycles. The summed E-state index contributed by atoms with van der Waals surface area (Å²) in [6, 6.07) is 3.95. The van der Waals surface area contributed by atoms with Crippen LogP contribution in [0.3, 0.4) is 0 Å². The van der Waals surface area contributed by atoms with E-state index in [0.29, 0.717) is 11.3 Å². The molecule has 0 spiro atoms. The van der Waals surface area contributed by atoms with Crippen molar-refractivity contribution in [1.82, 2.24) is 5.32 Å². The van der Waals surface area contributed by atoms with Gasteiger partial charge in [-0.05, 0) is 31.0 Å². The minimum atomic E-state index is -1.80. The van der Waals surface area contributed by atoms with Crippen LogP contribution in [0, 0.1) is 6.92 Å². The number of amides is 1. The molecule has 1 amide bonds. The number of aryl methyl sites for hydroxylation is 1. The number of Topliss-reactive ketones (excluding diaryl/α,β-unsaturated/α-hetero) is 1. The Bertz CT molecular complexity index is 676. The molecule has 1 atom stereocenters. The van der Waals surface area contributed by atoms with E-state index in [1.54, 1.807) is 19.2 Å². The van der Waals surface area contributed by atoms with E-state index in [0.717, 1.165) is 5.56 Å². The summed E-state index contributed by atoms with van der Waals surface area (Å²) < 4.78 is 2.82. The number of carboxylic acid groups (broad SMARTS) is 1. The molecule has 0 aromatic heterocycles. The summed E-state index contributed by atoms with van der Waals surface area (Å²) in [5, 5.41) is 14.3. The summed E-state index contributed by atoms with van der Waals surface area (Å²) in [4.78, 5) is 35.2. The van der Waals surface area contributed by atoms with Crippen molar-refractivity contribution < 1.29 is 24.2 Å². The maximum absolute atomic E-state index is 12.4. The van der Waals surface area contributed by atoms with Gasteiger partial charge in [-0.2, -0.15) is 0 Å². The lowest BCUT2D eigenvalue weighted by Crippen LogP contribution is -2.42. The fraction of sp³-hybridized carbons (Fsp3) is 0.438. The Kier molecular flexibility index (Phi) is 8.46. The third-order valence-electron chi connectivity index (χ3n) is 3.36. The van der Waals surface area contributed by atoms with Crippen LogP contribution in [0.25, 0.3) is 0 Å². The summed E-state index contributed by atoms with van der Waals surface area (Å²) >= 11 is 16.3. The van der Waals surface area contributed by atoms with Gasteiger partial charge in [0.2, 0.25) is 3.79 Å². The number of hydrogen-bond donors (Lipinski definition) is 3. The Morgan fingerprint density at radius 1 is 1.27 bits per heavy atom. The van der Waals surface area contributed by atoms with Gasteiger partial charge in [-0.3, -0.25) is 4.79 Å². The number of halogens is 3. The van der Waals surface area contributed by atoms with Gasteiger partial charge in [0.1, 0.15) is 12.6 Å². The number of alkyl halides is 3. The fourth-order valence-corrected chi connectivity index (χ4v) is 2.27. The summed E-state index contributed by atoms with van der Waals surface area (Å²) in [6.07, 6.45) is -1.25. The molecular weight excluding hydrogens is 407 g/mol. The molecule has 10 heteroatoms. The van der Waals surface area contributed by atoms with Crippen LogP contribution in [-0.4, -0.2) is 46.4 Å². The zero-order chi connectivity index (χ0) is 19.9. The lowest BCUT2D eigenvalue weighted by molar-refractivity contribution is -0.139. The zero-order valence-corrected chi connectivity index (χ0v) is 16.4. The number of aliphatic carboxylic acids is 1. The van der Waals surface area contributed by atoms with Gasteiger partial charge in [-0.25, -0.2) is 9.59 Å². The van der Waals surface area contributed by atoms with Gasteiger partial charge in [0.25, 0.3) is 0 Å². The monoisotopic (exact) mass is 424 g/mol. The number of carbonyl (C=O) groups excluding carboxylic acids is 2. The van der Waals surface area contributed by atoms with Crippen LogP contribution in [0.4, 0.5) is 10.5 Å². The van der Waals surface area contributed by atoms with E-state index < -0.39 is 28.5 Å². The number of nitrogens with one attached hydrogen (secondary N) is 2. The third kappa shape index (κ3) is 7.68. The molecule has 1 unspecified atom stereocenters. The Hall–Kier alpha value is -1.70. The lowest BCUT2D eigenvalue weighted by atomic mass is 10.0. The number of carbonyl (C=O) groups is 3. The number of rotatable bonds is 8. The van der Waals surface area contributed by atoms with Crippen molar-refractivity contribution >= 4 is 58.3 Å². The van der Waals surface area contributed by atoms with Crippen LogP contribution >= 0.6 is 34.8 Å². The van der Waals surface area contributed by atoms with Gasteiger partial charge in [0, 0.05) is 24.7 Å². The smallest absolute Gasteiger partial charge is 0.407 e. The molecule has 26 heavy (non-hydrogen) atoms. The molecule has 0 saturated heterocycles. The first-order valence-electron chi connectivity index (χ1n) is 7.58. The summed E-state index contributed by atoms with van der Waals surface area (Å²) in [5.41, 5.74) is 2.07. The number of ketones is 1. The van der Waals surface area contributed by atoms with Crippen LogP contribution in [0.15, 0.2) is 18.2 Å². The lowest BCUT2D eigenvalue weighted by Gasteiger charge is -2.16. The maximum Gasteiger partial charge on any atom is 0.407 e. The predicted molar refractivity (Wildman–Crippen MR) is 100 cm³/mol. The normalized spacial score (nSPS) is 12.2. The largest absolute Gasteiger partial charge is 0.480 e. The summed E-state index contributed by atoms with van der Waals surface area (Å²) in [5.74, 6) is -1.56. The highest BCUT2D eigenvalue weighted by atomic mass is 35.6. The Morgan fingerprint density at radius 2 is 1.92 bits per heavy atom. The van der Waals surface area contributed by atoms with E-state index in [9.17, 15) is 19.5 Å². The molecule has 0 aliphatic rings. The van der Waals surface area contributed by atoms with E-state index in [1.165, 1.54) is 0 Å². The second-order valence-electron chi connectivity index (χ2n) is 5.49. The molecular formula is C16H19Cl3N2O5. The highest BCUT2D eigenvalue weighted by Gasteiger charge is 2.26. The molecule has 144 valence electrons. The molecule has 0 aliphatic heterocycles. The van der Waals surface area contributed by atoms with Crippen molar-refractivity contribution in [3.63, 3.8) is 0 Å². The van der Waals surface area contributed by atoms with E-state index in [2.05, 4.69) is 15.4 Å². The molecule has 0 fully saturated rings. The van der Waals surface area contributed by atoms with E-state index >= 15 is 0 Å². The number of anilines is 1. The maximum atomic E-state index is 12.4. The van der Waals surface area contributed by atoms with Crippen molar-refractivity contribution in [2.45, 2.75) is 29.6 Å². The van der Waals surface area contributed by atoms with Gasteiger partial charge in [-0.15, -0.1) is 0 Å². The predicted octanol–water partition coefficient (Wildman–Crippen LogP) is 3.55. The number of benzene rings is 1. The average molecular weight is 426 g/mol. The molecule has 0 aliphatic carbocycles. The molecule has 1 aromatic carbocycles. The molecule has 1 aromatic rings. The fourth-order valence-electron chi connectivity index (χ4n) is 2.11. The van der Waals surface area contributed by atoms with Crippen molar-refractivity contribution in [1.29, 1.82) is 0 Å². The van der Waals surface area contributed by atoms with Crippen molar-refractivity contribution in [2.24, 2.45) is 0 Å². The number of carboxylic acids is 1. The first-order chi connectivity index (χ1) is 12.0. The van der Waals surface area contributed by atoms with Crippen LogP contribution in [0.5, 0.6) is 0 Å². The van der Waals surface area contributed by atoms with Crippen molar-refractivity contribution in [2.75, 3.05) is 19.0 Å². The summed E-state index contributed by atoms with van der Waals surface area (Å²) in [6.45, 7) is 1.35. The van der Waals surface area contributed by atoms with Gasteiger partial charge in [-0.1, -0.05) is 40.9 Å². The highest BCUT2D eigenvalue weighted by molar-refractivity contribution is 6.67. The van der Waals surface area contributed by atoms with Crippen molar-refractivity contribution in [3.05, 3.63) is 29.3 Å². The number of alkyl carbamates (subject to hydrolysis) is 1. The van der Waals surface area contributed by atoms with Gasteiger partial charge >= 0.3 is 12.1 Å². The Balaban J connectivity index is 2.67. The van der Waals surface area contributed by atoms with Crippen LogP contribution in [0.1, 0.15) is 28.8 Å². The summed E-state index contributed by atoms with van der Waals surface area (Å²) in [7, 11) is 1.69. The minimum Gasteiger partial charge on any atom is -0.480 e. The quantitative estimate of drug-likeness (QED) is 0.434. The standard InChI is InChI=1S/C16H19Cl3N2O5/c1-9-3-4-10(12(7-9)20-2)13(22)6-5-11(14(23)24)21-15(25)26-8-16(17,18)19/h3-4,7,11,20H,5-6,8H2,1-2H3,(H,21,25)(H,23,24). The van der Waals surface area contributed by atoms with Crippen molar-refractivity contribution in [3.8, 4) is 0 Å². The molecule has 0 bridgehead atoms. The Labute approximate surface area is 165 Å². The van der Waals surface area contributed by atoms with Crippen LogP contribution in [0.2, 0.25) is 0 Å². The number of ether oxygens (including phenoxy) is 1. The van der Waals surface area contributed by atoms with E-state index in [-0.39, 0.29) is 18.6 Å². The second-order valence-corrected chi connectivity index (χ2v) is 8.00. The van der Waals surface area contributed by atoms with Gasteiger partial charge in [0.05, 0.1) is 0 Å². The molecule has 0 heterocycles. The second kappa shape index (κ2) is 9.85. The third-order valence-corrected chi connectivity index (χ3v) is 3.69. The molecule has 1 rings (SSSR count). The molecule has 0 radical (unpaired) electrons. The first kappa shape index (κ1) is 22.3. The van der Waals surface area contributed by atoms with Gasteiger partial charge in [0.15, 0.2) is 5.78 Å². The van der Waals surface area contributed by atoms with E-state index in [1.807, 2.05) is 13.0 Å². The van der Waals surface area contributed by atoms with Gasteiger partial charge < -0.3 is 20.5 Å².